The molecular formula is C13H20BrNO. The zero-order valence-electron chi connectivity index (χ0n) is 10.4. The zero-order chi connectivity index (χ0) is 12.3. The highest BCUT2D eigenvalue weighted by Gasteiger charge is 2.17. The smallest absolute Gasteiger partial charge is 0.0514 e. The van der Waals surface area contributed by atoms with Crippen molar-refractivity contribution in [2.45, 2.75) is 27.7 Å². The average molecular weight is 286 g/mol. The fraction of sp³-hybridized carbons (Fsp3) is 0.538. The van der Waals surface area contributed by atoms with Gasteiger partial charge in [-0.05, 0) is 47.0 Å². The SMILES string of the molecule is Cc1cc(C)c(NCC(C)(C)CO)c(Br)c1. The van der Waals surface area contributed by atoms with E-state index in [0.717, 1.165) is 16.7 Å². The van der Waals surface area contributed by atoms with Crippen molar-refractivity contribution in [3.05, 3.63) is 27.7 Å². The van der Waals surface area contributed by atoms with Crippen molar-refractivity contribution in [2.24, 2.45) is 5.41 Å². The number of nitrogens with one attached hydrogen (secondary N) is 1. The van der Waals surface area contributed by atoms with E-state index in [1.807, 2.05) is 13.8 Å². The molecule has 0 saturated heterocycles. The van der Waals surface area contributed by atoms with Crippen LogP contribution in [0.25, 0.3) is 0 Å². The van der Waals surface area contributed by atoms with Crippen LogP contribution >= 0.6 is 15.9 Å². The summed E-state index contributed by atoms with van der Waals surface area (Å²) >= 11 is 3.56. The second-order valence-corrected chi connectivity index (χ2v) is 5.97. The predicted octanol–water partition coefficient (Wildman–Crippen LogP) is 3.50. The van der Waals surface area contributed by atoms with Crippen LogP contribution in [0.4, 0.5) is 5.69 Å². The van der Waals surface area contributed by atoms with Crippen LogP contribution in [-0.4, -0.2) is 18.3 Å². The summed E-state index contributed by atoms with van der Waals surface area (Å²) in [7, 11) is 0. The lowest BCUT2D eigenvalue weighted by Gasteiger charge is -2.24. The Balaban J connectivity index is 2.82. The molecule has 0 bridgehead atoms. The fourth-order valence-corrected chi connectivity index (χ4v) is 2.34. The van der Waals surface area contributed by atoms with Crippen molar-refractivity contribution in [2.75, 3.05) is 18.5 Å². The van der Waals surface area contributed by atoms with Gasteiger partial charge >= 0.3 is 0 Å². The highest BCUT2D eigenvalue weighted by atomic mass is 79.9. The maximum Gasteiger partial charge on any atom is 0.0514 e. The first-order valence-electron chi connectivity index (χ1n) is 5.47. The molecule has 90 valence electrons. The summed E-state index contributed by atoms with van der Waals surface area (Å²) in [5, 5.41) is 12.6. The maximum absolute atomic E-state index is 9.20. The summed E-state index contributed by atoms with van der Waals surface area (Å²) in [6.07, 6.45) is 0. The van der Waals surface area contributed by atoms with Crippen LogP contribution in [0.15, 0.2) is 16.6 Å². The number of halogens is 1. The summed E-state index contributed by atoms with van der Waals surface area (Å²) in [5.41, 5.74) is 3.49. The van der Waals surface area contributed by atoms with Gasteiger partial charge in [0.25, 0.3) is 0 Å². The van der Waals surface area contributed by atoms with Gasteiger partial charge in [-0.15, -0.1) is 0 Å². The number of anilines is 1. The quantitative estimate of drug-likeness (QED) is 0.888. The first-order chi connectivity index (χ1) is 7.35. The van der Waals surface area contributed by atoms with Crippen molar-refractivity contribution in [1.82, 2.24) is 0 Å². The highest BCUT2D eigenvalue weighted by molar-refractivity contribution is 9.10. The van der Waals surface area contributed by atoms with E-state index >= 15 is 0 Å². The molecule has 3 heteroatoms. The van der Waals surface area contributed by atoms with Crippen molar-refractivity contribution in [3.8, 4) is 0 Å². The predicted molar refractivity (Wildman–Crippen MR) is 73.0 cm³/mol. The molecule has 0 radical (unpaired) electrons. The minimum Gasteiger partial charge on any atom is -0.396 e. The Morgan fingerprint density at radius 3 is 2.44 bits per heavy atom. The lowest BCUT2D eigenvalue weighted by atomic mass is 9.94. The summed E-state index contributed by atoms with van der Waals surface area (Å²) in [6.45, 7) is 9.19. The lowest BCUT2D eigenvalue weighted by molar-refractivity contribution is 0.171. The first-order valence-corrected chi connectivity index (χ1v) is 6.26. The third kappa shape index (κ3) is 3.49. The van der Waals surface area contributed by atoms with E-state index in [1.54, 1.807) is 0 Å². The van der Waals surface area contributed by atoms with Gasteiger partial charge in [0.05, 0.1) is 5.69 Å². The normalized spacial score (nSPS) is 11.6. The van der Waals surface area contributed by atoms with Gasteiger partial charge in [0.2, 0.25) is 0 Å². The van der Waals surface area contributed by atoms with Gasteiger partial charge in [0.15, 0.2) is 0 Å². The largest absolute Gasteiger partial charge is 0.396 e. The molecule has 0 amide bonds. The van der Waals surface area contributed by atoms with Crippen molar-refractivity contribution < 1.29 is 5.11 Å². The summed E-state index contributed by atoms with van der Waals surface area (Å²) in [5.74, 6) is 0. The Hall–Kier alpha value is -0.540. The van der Waals surface area contributed by atoms with E-state index in [4.69, 9.17) is 0 Å². The van der Waals surface area contributed by atoms with Gasteiger partial charge in [0.1, 0.15) is 0 Å². The van der Waals surface area contributed by atoms with Crippen molar-refractivity contribution in [1.29, 1.82) is 0 Å². The minimum atomic E-state index is -0.100. The van der Waals surface area contributed by atoms with Gasteiger partial charge in [-0.1, -0.05) is 19.9 Å². The van der Waals surface area contributed by atoms with Gasteiger partial charge in [-0.2, -0.15) is 0 Å². The summed E-state index contributed by atoms with van der Waals surface area (Å²) in [6, 6.07) is 4.25. The van der Waals surface area contributed by atoms with Gasteiger partial charge in [-0.25, -0.2) is 0 Å². The third-order valence-electron chi connectivity index (χ3n) is 2.60. The number of benzene rings is 1. The monoisotopic (exact) mass is 285 g/mol. The van der Waals surface area contributed by atoms with Crippen LogP contribution in [0.2, 0.25) is 0 Å². The van der Waals surface area contributed by atoms with Crippen LogP contribution in [0.3, 0.4) is 0 Å². The highest BCUT2D eigenvalue weighted by Crippen LogP contribution is 2.28. The maximum atomic E-state index is 9.20. The van der Waals surface area contributed by atoms with E-state index in [0.29, 0.717) is 0 Å². The number of rotatable bonds is 4. The molecule has 0 saturated carbocycles. The minimum absolute atomic E-state index is 0.100. The zero-order valence-corrected chi connectivity index (χ0v) is 12.0. The molecule has 0 spiro atoms. The molecule has 0 heterocycles. The Kier molecular flexibility index (Phi) is 4.39. The molecule has 2 N–H and O–H groups in total. The molecular weight excluding hydrogens is 266 g/mol. The van der Waals surface area contributed by atoms with Gasteiger partial charge < -0.3 is 10.4 Å². The molecule has 0 aliphatic carbocycles. The van der Waals surface area contributed by atoms with Crippen molar-refractivity contribution in [3.63, 3.8) is 0 Å². The van der Waals surface area contributed by atoms with Crippen LogP contribution in [0.5, 0.6) is 0 Å². The molecule has 0 fully saturated rings. The number of aliphatic hydroxyl groups is 1. The number of aliphatic hydroxyl groups excluding tert-OH is 1. The standard InChI is InChI=1S/C13H20BrNO/c1-9-5-10(2)12(11(14)6-9)15-7-13(3,4)8-16/h5-6,15-16H,7-8H2,1-4H3. The molecule has 0 aliphatic rings. The average Bonchev–Trinajstić information content (AvgIpc) is 2.16. The number of hydrogen-bond donors (Lipinski definition) is 2. The van der Waals surface area contributed by atoms with E-state index in [2.05, 4.69) is 47.2 Å². The number of aryl methyl sites for hydroxylation is 2. The second-order valence-electron chi connectivity index (χ2n) is 5.11. The van der Waals surface area contributed by atoms with Crippen LogP contribution in [0.1, 0.15) is 25.0 Å². The molecule has 0 aliphatic heterocycles. The van der Waals surface area contributed by atoms with E-state index in [9.17, 15) is 5.11 Å². The topological polar surface area (TPSA) is 32.3 Å². The molecule has 1 aromatic carbocycles. The Bertz CT molecular complexity index is 351. The number of hydrogen-bond acceptors (Lipinski definition) is 2. The molecule has 1 aromatic rings. The van der Waals surface area contributed by atoms with Gasteiger partial charge in [0, 0.05) is 23.0 Å². The Morgan fingerprint density at radius 2 is 1.94 bits per heavy atom. The van der Waals surface area contributed by atoms with Gasteiger partial charge in [-0.3, -0.25) is 0 Å². The van der Waals surface area contributed by atoms with Crippen LogP contribution < -0.4 is 5.32 Å². The van der Waals surface area contributed by atoms with Crippen LogP contribution in [0, 0.1) is 19.3 Å². The van der Waals surface area contributed by atoms with E-state index < -0.39 is 0 Å². The Labute approximate surface area is 106 Å². The Morgan fingerprint density at radius 1 is 1.31 bits per heavy atom. The van der Waals surface area contributed by atoms with E-state index in [-0.39, 0.29) is 12.0 Å². The third-order valence-corrected chi connectivity index (χ3v) is 3.23. The lowest BCUT2D eigenvalue weighted by Crippen LogP contribution is -2.27. The fourth-order valence-electron chi connectivity index (χ4n) is 1.52. The first kappa shape index (κ1) is 13.5. The summed E-state index contributed by atoms with van der Waals surface area (Å²) in [4.78, 5) is 0. The van der Waals surface area contributed by atoms with Crippen LogP contribution in [-0.2, 0) is 0 Å². The molecule has 2 nitrogen and oxygen atoms in total. The summed E-state index contributed by atoms with van der Waals surface area (Å²) < 4.78 is 1.08. The molecule has 0 atom stereocenters. The molecule has 0 aromatic heterocycles. The second kappa shape index (κ2) is 5.19. The molecule has 16 heavy (non-hydrogen) atoms. The molecule has 1 rings (SSSR count). The van der Waals surface area contributed by atoms with Crippen molar-refractivity contribution >= 4 is 21.6 Å². The van der Waals surface area contributed by atoms with E-state index in [1.165, 1.54) is 11.1 Å². The molecule has 0 unspecified atom stereocenters.